The normalized spacial score (nSPS) is 9.96. The first-order chi connectivity index (χ1) is 12.1. The Kier molecular flexibility index (Phi) is 7.10. The minimum absolute atomic E-state index is 0.00750. The minimum atomic E-state index is -0.174. The van der Waals surface area contributed by atoms with Crippen LogP contribution in [0.25, 0.3) is 0 Å². The molecule has 0 bridgehead atoms. The number of carbonyl (C=O) groups is 2. The Bertz CT molecular complexity index is 730. The Morgan fingerprint density at radius 1 is 0.880 bits per heavy atom. The molecule has 6 heteroatoms. The lowest BCUT2D eigenvalue weighted by atomic mass is 10.1. The third-order valence-electron chi connectivity index (χ3n) is 3.36. The van der Waals surface area contributed by atoms with Crippen molar-refractivity contribution >= 4 is 40.5 Å². The van der Waals surface area contributed by atoms with E-state index in [4.69, 9.17) is 12.2 Å². The summed E-state index contributed by atoms with van der Waals surface area (Å²) in [6.07, 6.45) is 1.57. The number of rotatable bonds is 6. The summed E-state index contributed by atoms with van der Waals surface area (Å²) in [7, 11) is 0. The smallest absolute Gasteiger partial charge is 0.230 e. The van der Waals surface area contributed by atoms with E-state index in [0.29, 0.717) is 6.42 Å². The summed E-state index contributed by atoms with van der Waals surface area (Å²) in [5.74, 6) is -0.181. The van der Waals surface area contributed by atoms with Crippen molar-refractivity contribution in [1.29, 1.82) is 0 Å². The molecule has 0 unspecified atom stereocenters. The second kappa shape index (κ2) is 9.54. The fraction of sp³-hybridized carbons (Fsp3) is 0.211. The van der Waals surface area contributed by atoms with Gasteiger partial charge in [0, 0.05) is 17.8 Å². The fourth-order valence-electron chi connectivity index (χ4n) is 2.20. The third kappa shape index (κ3) is 6.73. The zero-order valence-electron chi connectivity index (χ0n) is 14.0. The highest BCUT2D eigenvalue weighted by molar-refractivity contribution is 7.80. The standard InChI is InChI=1S/C19H21N3O2S/c1-2-6-17(23)20-15-9-11-16(12-10-15)21-19(25)22-18(24)13-14-7-4-3-5-8-14/h3-5,7-12H,2,6,13H2,1H3,(H,20,23)(H2,21,22,24,25). The van der Waals surface area contributed by atoms with Crippen LogP contribution in [-0.4, -0.2) is 16.9 Å². The van der Waals surface area contributed by atoms with Crippen LogP contribution < -0.4 is 16.0 Å². The molecule has 0 spiro atoms. The fourth-order valence-corrected chi connectivity index (χ4v) is 2.43. The number of thiocarbonyl (C=S) groups is 1. The highest BCUT2D eigenvalue weighted by Gasteiger charge is 2.06. The van der Waals surface area contributed by atoms with Crippen LogP contribution >= 0.6 is 12.2 Å². The van der Waals surface area contributed by atoms with E-state index in [1.807, 2.05) is 37.3 Å². The van der Waals surface area contributed by atoms with Gasteiger partial charge < -0.3 is 16.0 Å². The molecule has 2 aromatic carbocycles. The predicted molar refractivity (Wildman–Crippen MR) is 104 cm³/mol. The molecule has 0 aliphatic heterocycles. The maximum atomic E-state index is 12.0. The van der Waals surface area contributed by atoms with Crippen LogP contribution in [0.4, 0.5) is 11.4 Å². The average Bonchev–Trinajstić information content (AvgIpc) is 2.57. The van der Waals surface area contributed by atoms with Crippen LogP contribution in [0.1, 0.15) is 25.3 Å². The lowest BCUT2D eigenvalue weighted by molar-refractivity contribution is -0.119. The molecule has 0 heterocycles. The molecule has 0 atom stereocenters. The summed E-state index contributed by atoms with van der Waals surface area (Å²) in [4.78, 5) is 23.5. The highest BCUT2D eigenvalue weighted by Crippen LogP contribution is 2.14. The van der Waals surface area contributed by atoms with E-state index in [-0.39, 0.29) is 23.3 Å². The Morgan fingerprint density at radius 2 is 1.48 bits per heavy atom. The zero-order chi connectivity index (χ0) is 18.1. The van der Waals surface area contributed by atoms with Crippen molar-refractivity contribution in [3.8, 4) is 0 Å². The number of hydrogen-bond acceptors (Lipinski definition) is 3. The van der Waals surface area contributed by atoms with Crippen LogP contribution in [0.2, 0.25) is 0 Å². The Hall–Kier alpha value is -2.73. The van der Waals surface area contributed by atoms with Crippen LogP contribution in [0.3, 0.4) is 0 Å². The SMILES string of the molecule is CCCC(=O)Nc1ccc(NC(=S)NC(=O)Cc2ccccc2)cc1. The molecule has 0 radical (unpaired) electrons. The monoisotopic (exact) mass is 355 g/mol. The maximum Gasteiger partial charge on any atom is 0.230 e. The molecule has 0 saturated heterocycles. The van der Waals surface area contributed by atoms with E-state index in [9.17, 15) is 9.59 Å². The van der Waals surface area contributed by atoms with Crippen molar-refractivity contribution in [2.24, 2.45) is 0 Å². The van der Waals surface area contributed by atoms with Gasteiger partial charge in [-0.2, -0.15) is 0 Å². The molecule has 0 fully saturated rings. The van der Waals surface area contributed by atoms with Crippen LogP contribution in [0.5, 0.6) is 0 Å². The summed E-state index contributed by atoms with van der Waals surface area (Å²) in [5.41, 5.74) is 2.39. The molecular formula is C19H21N3O2S. The average molecular weight is 355 g/mol. The molecule has 0 aromatic heterocycles. The van der Waals surface area contributed by atoms with Gasteiger partial charge in [0.15, 0.2) is 5.11 Å². The molecule has 130 valence electrons. The molecule has 2 aromatic rings. The molecule has 2 rings (SSSR count). The van der Waals surface area contributed by atoms with Gasteiger partial charge in [-0.3, -0.25) is 9.59 Å². The number of anilines is 2. The van der Waals surface area contributed by atoms with E-state index in [2.05, 4.69) is 16.0 Å². The van der Waals surface area contributed by atoms with Gasteiger partial charge in [0.05, 0.1) is 6.42 Å². The number of hydrogen-bond donors (Lipinski definition) is 3. The largest absolute Gasteiger partial charge is 0.332 e. The van der Waals surface area contributed by atoms with Crippen LogP contribution in [-0.2, 0) is 16.0 Å². The summed E-state index contributed by atoms with van der Waals surface area (Å²) >= 11 is 5.15. The van der Waals surface area contributed by atoms with Crippen molar-refractivity contribution in [2.45, 2.75) is 26.2 Å². The predicted octanol–water partition coefficient (Wildman–Crippen LogP) is 3.48. The Morgan fingerprint density at radius 3 is 2.08 bits per heavy atom. The summed E-state index contributed by atoms with van der Waals surface area (Å²) in [5, 5.41) is 8.66. The first-order valence-electron chi connectivity index (χ1n) is 8.11. The van der Waals surface area contributed by atoms with Crippen LogP contribution in [0, 0.1) is 0 Å². The van der Waals surface area contributed by atoms with E-state index in [1.165, 1.54) is 0 Å². The van der Waals surface area contributed by atoms with E-state index in [0.717, 1.165) is 23.4 Å². The number of nitrogens with one attached hydrogen (secondary N) is 3. The molecule has 0 aliphatic carbocycles. The summed E-state index contributed by atoms with van der Waals surface area (Å²) in [6.45, 7) is 1.96. The molecule has 0 aliphatic rings. The topological polar surface area (TPSA) is 70.2 Å². The Labute approximate surface area is 152 Å². The van der Waals surface area contributed by atoms with Crippen molar-refractivity contribution in [2.75, 3.05) is 10.6 Å². The van der Waals surface area contributed by atoms with Gasteiger partial charge in [-0.1, -0.05) is 37.3 Å². The van der Waals surface area contributed by atoms with E-state index < -0.39 is 0 Å². The summed E-state index contributed by atoms with van der Waals surface area (Å²) < 4.78 is 0. The lowest BCUT2D eigenvalue weighted by Crippen LogP contribution is -2.35. The summed E-state index contributed by atoms with van der Waals surface area (Å²) in [6, 6.07) is 16.6. The van der Waals surface area contributed by atoms with Gasteiger partial charge in [0.25, 0.3) is 0 Å². The van der Waals surface area contributed by atoms with Crippen LogP contribution in [0.15, 0.2) is 54.6 Å². The lowest BCUT2D eigenvalue weighted by Gasteiger charge is -2.10. The van der Waals surface area contributed by atoms with Gasteiger partial charge in [0.2, 0.25) is 11.8 Å². The molecule has 25 heavy (non-hydrogen) atoms. The van der Waals surface area contributed by atoms with E-state index in [1.54, 1.807) is 24.3 Å². The molecule has 0 saturated carbocycles. The molecule has 5 nitrogen and oxygen atoms in total. The van der Waals surface area contributed by atoms with Gasteiger partial charge in [-0.05, 0) is 48.5 Å². The molecule has 3 N–H and O–H groups in total. The quantitative estimate of drug-likeness (QED) is 0.694. The first-order valence-corrected chi connectivity index (χ1v) is 8.52. The number of carbonyl (C=O) groups excluding carboxylic acids is 2. The Balaban J connectivity index is 1.81. The molecule has 2 amide bonds. The highest BCUT2D eigenvalue weighted by atomic mass is 32.1. The van der Waals surface area contributed by atoms with Gasteiger partial charge in [0.1, 0.15) is 0 Å². The second-order valence-electron chi connectivity index (χ2n) is 5.54. The third-order valence-corrected chi connectivity index (χ3v) is 3.57. The number of amides is 2. The second-order valence-corrected chi connectivity index (χ2v) is 5.95. The van der Waals surface area contributed by atoms with Crippen molar-refractivity contribution < 1.29 is 9.59 Å². The van der Waals surface area contributed by atoms with Gasteiger partial charge >= 0.3 is 0 Å². The maximum absolute atomic E-state index is 12.0. The van der Waals surface area contributed by atoms with Crippen molar-refractivity contribution in [1.82, 2.24) is 5.32 Å². The first kappa shape index (κ1) is 18.6. The van der Waals surface area contributed by atoms with Crippen molar-refractivity contribution in [3.63, 3.8) is 0 Å². The van der Waals surface area contributed by atoms with E-state index >= 15 is 0 Å². The van der Waals surface area contributed by atoms with Gasteiger partial charge in [-0.15, -0.1) is 0 Å². The van der Waals surface area contributed by atoms with Crippen molar-refractivity contribution in [3.05, 3.63) is 60.2 Å². The van der Waals surface area contributed by atoms with Gasteiger partial charge in [-0.25, -0.2) is 0 Å². The zero-order valence-corrected chi connectivity index (χ0v) is 14.9. The number of benzene rings is 2. The molecular weight excluding hydrogens is 334 g/mol. The minimum Gasteiger partial charge on any atom is -0.332 e.